The molecule has 0 aliphatic carbocycles. The molecule has 1 aliphatic heterocycles. The molecule has 16 heteroatoms. The van der Waals surface area contributed by atoms with Crippen LogP contribution in [0.2, 0.25) is 0 Å². The molecule has 0 radical (unpaired) electrons. The van der Waals surface area contributed by atoms with E-state index in [9.17, 15) is 19.2 Å². The van der Waals surface area contributed by atoms with Crippen molar-refractivity contribution in [1.29, 1.82) is 0 Å². The van der Waals surface area contributed by atoms with Crippen LogP contribution in [0.25, 0.3) is 0 Å². The van der Waals surface area contributed by atoms with Crippen molar-refractivity contribution >= 4 is 64.7 Å². The number of hydrogen-bond acceptors (Lipinski definition) is 12. The highest BCUT2D eigenvalue weighted by Gasteiger charge is 2.52. The van der Waals surface area contributed by atoms with Crippen LogP contribution in [0, 0.1) is 0 Å². The van der Waals surface area contributed by atoms with Crippen molar-refractivity contribution in [2.45, 2.75) is 71.7 Å². The first-order valence-electron chi connectivity index (χ1n) is 12.3. The molecule has 0 aromatic heterocycles. The first-order valence-corrected chi connectivity index (χ1v) is 15.4. The summed E-state index contributed by atoms with van der Waals surface area (Å²) in [5.41, 5.74) is 2.81. The topological polar surface area (TPSA) is 160 Å². The highest BCUT2D eigenvalue weighted by atomic mass is 32.4. The molecule has 0 spiro atoms. The van der Waals surface area contributed by atoms with E-state index in [1.54, 1.807) is 0 Å². The van der Waals surface area contributed by atoms with Crippen molar-refractivity contribution in [3.8, 4) is 0 Å². The fourth-order valence-electron chi connectivity index (χ4n) is 3.65. The predicted octanol–water partition coefficient (Wildman–Crippen LogP) is 1.10. The van der Waals surface area contributed by atoms with Crippen molar-refractivity contribution in [3.63, 3.8) is 0 Å². The Morgan fingerprint density at radius 1 is 0.900 bits per heavy atom. The smallest absolute Gasteiger partial charge is 0.303 e. The van der Waals surface area contributed by atoms with E-state index in [0.29, 0.717) is 6.61 Å². The average molecular weight is 620 g/mol. The number of hydrogen-bond donors (Lipinski definition) is 3. The minimum absolute atomic E-state index is 0.0360. The van der Waals surface area contributed by atoms with Gasteiger partial charge in [-0.15, -0.1) is 0 Å². The Kier molecular flexibility index (Phi) is 13.4. The van der Waals surface area contributed by atoms with E-state index in [4.69, 9.17) is 52.2 Å². The molecule has 1 fully saturated rings. The SMILES string of the molecule is CCCOP(=S)(NNC(=S)N[C@@H]1O[C@H](COC(C)=O)[C@@H](OC(C)=O)[C@H](OC(C)=O)[C@H]1OC(C)=O)c1ccccc1. The molecule has 0 saturated carbocycles. The Morgan fingerprint density at radius 2 is 1.48 bits per heavy atom. The Bertz CT molecular complexity index is 1110. The van der Waals surface area contributed by atoms with Crippen LogP contribution in [-0.4, -0.2) is 72.8 Å². The normalized spacial score (nSPS) is 23.6. The second-order valence-electron chi connectivity index (χ2n) is 8.55. The number of benzene rings is 1. The molecule has 1 heterocycles. The molecular weight excluding hydrogens is 585 g/mol. The fraction of sp³-hybridized carbons (Fsp3) is 0.542. The number of rotatable bonds is 12. The van der Waals surface area contributed by atoms with E-state index in [1.807, 2.05) is 37.3 Å². The van der Waals surface area contributed by atoms with E-state index in [1.165, 1.54) is 6.92 Å². The third-order valence-corrected chi connectivity index (χ3v) is 8.53. The van der Waals surface area contributed by atoms with Crippen LogP contribution in [-0.2, 0) is 59.2 Å². The summed E-state index contributed by atoms with van der Waals surface area (Å²) in [4.78, 5) is 47.4. The number of esters is 4. The number of carbonyl (C=O) groups is 4. The zero-order chi connectivity index (χ0) is 29.9. The summed E-state index contributed by atoms with van der Waals surface area (Å²) in [7, 11) is 0. The van der Waals surface area contributed by atoms with Crippen LogP contribution in [0.5, 0.6) is 0 Å². The monoisotopic (exact) mass is 619 g/mol. The van der Waals surface area contributed by atoms with Gasteiger partial charge in [-0.1, -0.05) is 37.3 Å². The van der Waals surface area contributed by atoms with Gasteiger partial charge in [-0.05, 0) is 30.4 Å². The maximum Gasteiger partial charge on any atom is 0.303 e. The number of ether oxygens (including phenoxy) is 5. The molecule has 1 aromatic carbocycles. The molecule has 0 amide bonds. The lowest BCUT2D eigenvalue weighted by molar-refractivity contribution is -0.254. The summed E-state index contributed by atoms with van der Waals surface area (Å²) in [6.07, 6.45) is -8.37. The van der Waals surface area contributed by atoms with Gasteiger partial charge in [0.05, 0.1) is 6.61 Å². The molecule has 1 saturated heterocycles. The quantitative estimate of drug-likeness (QED) is 0.100. The average Bonchev–Trinajstić information content (AvgIpc) is 2.88. The van der Waals surface area contributed by atoms with Gasteiger partial charge in [-0.25, -0.2) is 0 Å². The minimum Gasteiger partial charge on any atom is -0.463 e. The van der Waals surface area contributed by atoms with Crippen LogP contribution >= 0.6 is 18.6 Å². The molecule has 2 rings (SSSR count). The van der Waals surface area contributed by atoms with Crippen molar-refractivity contribution < 1.29 is 47.4 Å². The molecular formula is C24H34N3O10PS2. The van der Waals surface area contributed by atoms with E-state index in [0.717, 1.165) is 32.5 Å². The molecule has 1 aliphatic rings. The van der Waals surface area contributed by atoms with Crippen molar-refractivity contribution in [1.82, 2.24) is 15.9 Å². The second kappa shape index (κ2) is 15.9. The van der Waals surface area contributed by atoms with Gasteiger partial charge in [0.15, 0.2) is 36.1 Å². The Labute approximate surface area is 243 Å². The number of carbonyl (C=O) groups excluding carboxylic acids is 4. The first-order chi connectivity index (χ1) is 18.9. The van der Waals surface area contributed by atoms with E-state index in [-0.39, 0.29) is 11.7 Å². The van der Waals surface area contributed by atoms with Crippen LogP contribution in [0.4, 0.5) is 0 Å². The third-order valence-electron chi connectivity index (χ3n) is 5.15. The molecule has 6 atom stereocenters. The van der Waals surface area contributed by atoms with Gasteiger partial charge < -0.3 is 33.5 Å². The summed E-state index contributed by atoms with van der Waals surface area (Å²) in [6.45, 7) is 6.60. The van der Waals surface area contributed by atoms with Gasteiger partial charge in [0.2, 0.25) is 0 Å². The summed E-state index contributed by atoms with van der Waals surface area (Å²) < 4.78 is 33.2. The lowest BCUT2D eigenvalue weighted by Crippen LogP contribution is -2.67. The Hall–Kier alpha value is -2.68. The summed E-state index contributed by atoms with van der Waals surface area (Å²) >= 11 is 11.2. The predicted molar refractivity (Wildman–Crippen MR) is 151 cm³/mol. The molecule has 1 aromatic rings. The third kappa shape index (κ3) is 10.4. The zero-order valence-electron chi connectivity index (χ0n) is 22.7. The largest absolute Gasteiger partial charge is 0.463 e. The summed E-state index contributed by atoms with van der Waals surface area (Å²) in [5, 5.41) is 6.55. The van der Waals surface area contributed by atoms with Gasteiger partial charge >= 0.3 is 23.9 Å². The minimum atomic E-state index is -2.79. The molecule has 222 valence electrons. The number of hydrazine groups is 1. The Balaban J connectivity index is 2.32. The fourth-order valence-corrected chi connectivity index (χ4v) is 6.22. The number of nitrogens with one attached hydrogen (secondary N) is 3. The Morgan fingerprint density at radius 3 is 2.02 bits per heavy atom. The highest BCUT2D eigenvalue weighted by Crippen LogP contribution is 2.40. The molecule has 40 heavy (non-hydrogen) atoms. The van der Waals surface area contributed by atoms with Crippen LogP contribution in [0.1, 0.15) is 41.0 Å². The van der Waals surface area contributed by atoms with Gasteiger partial charge in [0.25, 0.3) is 0 Å². The van der Waals surface area contributed by atoms with Gasteiger partial charge in [0.1, 0.15) is 12.7 Å². The number of thiocarbonyl (C=S) groups is 1. The first kappa shape index (κ1) is 33.5. The van der Waals surface area contributed by atoms with E-state index >= 15 is 0 Å². The summed E-state index contributed by atoms with van der Waals surface area (Å²) in [6, 6.07) is 9.19. The van der Waals surface area contributed by atoms with Crippen LogP contribution < -0.4 is 21.2 Å². The lowest BCUT2D eigenvalue weighted by Gasteiger charge is -2.44. The van der Waals surface area contributed by atoms with Crippen molar-refractivity contribution in [3.05, 3.63) is 30.3 Å². The summed E-state index contributed by atoms with van der Waals surface area (Å²) in [5.74, 6) is -2.83. The van der Waals surface area contributed by atoms with Gasteiger partial charge in [0, 0.05) is 33.0 Å². The van der Waals surface area contributed by atoms with E-state index < -0.39 is 60.9 Å². The van der Waals surface area contributed by atoms with Gasteiger partial charge in [-0.2, -0.15) is 5.20 Å². The maximum atomic E-state index is 12.0. The van der Waals surface area contributed by atoms with Gasteiger partial charge in [-0.3, -0.25) is 24.6 Å². The standard InChI is InChI=1S/C24H34N3O10PS2/c1-6-12-33-38(40,18-10-8-7-9-11-18)27-26-24(39)25-23-22(36-17(5)31)21(35-16(4)30)20(34-15(3)29)19(37-23)13-32-14(2)28/h7-11,19-23H,6,12-13H2,1-5H3,(H,27,40)(H2,25,26,39)/t19-,20-,21+,22-,23-,38?/m1/s1. The maximum absolute atomic E-state index is 12.0. The molecule has 3 N–H and O–H groups in total. The molecule has 13 nitrogen and oxygen atoms in total. The lowest BCUT2D eigenvalue weighted by atomic mass is 9.97. The van der Waals surface area contributed by atoms with E-state index in [2.05, 4.69) is 15.9 Å². The molecule has 1 unspecified atom stereocenters. The van der Waals surface area contributed by atoms with Crippen LogP contribution in [0.15, 0.2) is 30.3 Å². The van der Waals surface area contributed by atoms with Crippen molar-refractivity contribution in [2.24, 2.45) is 0 Å². The van der Waals surface area contributed by atoms with Crippen LogP contribution in [0.3, 0.4) is 0 Å². The molecule has 0 bridgehead atoms. The highest BCUT2D eigenvalue weighted by molar-refractivity contribution is 8.14. The second-order valence-corrected chi connectivity index (χ2v) is 12.6. The zero-order valence-corrected chi connectivity index (χ0v) is 25.3. The van der Waals surface area contributed by atoms with Crippen molar-refractivity contribution in [2.75, 3.05) is 13.2 Å².